The second-order valence-corrected chi connectivity index (χ2v) is 8.57. The summed E-state index contributed by atoms with van der Waals surface area (Å²) in [7, 11) is 3.96. The fourth-order valence-electron chi connectivity index (χ4n) is 4.10. The Labute approximate surface area is 198 Å². The maximum Gasteiger partial charge on any atom is 0.169 e. The van der Waals surface area contributed by atoms with E-state index in [1.54, 1.807) is 30.9 Å². The average molecular weight is 454 g/mol. The quantitative estimate of drug-likeness (QED) is 0.445. The third-order valence-electron chi connectivity index (χ3n) is 6.21. The summed E-state index contributed by atoms with van der Waals surface area (Å²) >= 11 is 0. The minimum absolute atomic E-state index is 0.0331. The summed E-state index contributed by atoms with van der Waals surface area (Å²) in [6, 6.07) is 11.6. The van der Waals surface area contributed by atoms with Crippen molar-refractivity contribution in [2.45, 2.75) is 6.42 Å². The van der Waals surface area contributed by atoms with Crippen molar-refractivity contribution in [2.24, 2.45) is 0 Å². The number of aromatic nitrogens is 4. The number of carbonyl (C=O) groups is 1. The molecule has 0 amide bonds. The van der Waals surface area contributed by atoms with Crippen molar-refractivity contribution in [3.63, 3.8) is 0 Å². The number of rotatable bonds is 6. The van der Waals surface area contributed by atoms with Crippen LogP contribution < -0.4 is 10.2 Å². The number of anilines is 2. The largest absolute Gasteiger partial charge is 0.373 e. The Bertz CT molecular complexity index is 1310. The van der Waals surface area contributed by atoms with Crippen molar-refractivity contribution in [1.82, 2.24) is 24.8 Å². The van der Waals surface area contributed by atoms with Crippen LogP contribution in [0.4, 0.5) is 11.6 Å². The van der Waals surface area contributed by atoms with Gasteiger partial charge < -0.3 is 15.1 Å². The Morgan fingerprint density at radius 2 is 1.74 bits per heavy atom. The van der Waals surface area contributed by atoms with Crippen LogP contribution >= 0.6 is 0 Å². The van der Waals surface area contributed by atoms with Crippen LogP contribution in [0.5, 0.6) is 0 Å². The Balaban J connectivity index is 1.35. The van der Waals surface area contributed by atoms with E-state index in [1.807, 2.05) is 37.4 Å². The summed E-state index contributed by atoms with van der Waals surface area (Å²) in [5, 5.41) is 4.94. The molecule has 0 aromatic carbocycles. The van der Waals surface area contributed by atoms with E-state index in [4.69, 9.17) is 0 Å². The molecular weight excluding hydrogens is 426 g/mol. The first-order valence-corrected chi connectivity index (χ1v) is 11.4. The summed E-state index contributed by atoms with van der Waals surface area (Å²) in [6.45, 7) is 3.81. The van der Waals surface area contributed by atoms with E-state index < -0.39 is 0 Å². The highest BCUT2D eigenvalue weighted by Crippen LogP contribution is 2.23. The monoisotopic (exact) mass is 453 g/mol. The van der Waals surface area contributed by atoms with Crippen LogP contribution in [0.3, 0.4) is 0 Å². The zero-order valence-electron chi connectivity index (χ0n) is 19.4. The summed E-state index contributed by atoms with van der Waals surface area (Å²) < 4.78 is 0. The third kappa shape index (κ3) is 4.72. The number of carbonyl (C=O) groups excluding carboxylic acids is 1. The van der Waals surface area contributed by atoms with Gasteiger partial charge in [0.1, 0.15) is 11.6 Å². The molecule has 0 atom stereocenters. The summed E-state index contributed by atoms with van der Waals surface area (Å²) in [6.07, 6.45) is 7.34. The van der Waals surface area contributed by atoms with Gasteiger partial charge in [-0.25, -0.2) is 9.97 Å². The lowest BCUT2D eigenvalue weighted by atomic mass is 10.0. The summed E-state index contributed by atoms with van der Waals surface area (Å²) in [5.74, 6) is 1.70. The normalized spacial score (nSPS) is 14.4. The van der Waals surface area contributed by atoms with Gasteiger partial charge in [-0.05, 0) is 48.8 Å². The van der Waals surface area contributed by atoms with E-state index in [-0.39, 0.29) is 12.2 Å². The van der Waals surface area contributed by atoms with Crippen molar-refractivity contribution in [3.8, 4) is 11.3 Å². The Morgan fingerprint density at radius 3 is 2.50 bits per heavy atom. The number of ketones is 1. The zero-order chi connectivity index (χ0) is 23.5. The summed E-state index contributed by atoms with van der Waals surface area (Å²) in [5.41, 5.74) is 3.16. The molecule has 1 N–H and O–H groups in total. The Kier molecular flexibility index (Phi) is 6.14. The lowest BCUT2D eigenvalue weighted by molar-refractivity contribution is 0.0992. The first-order chi connectivity index (χ1) is 16.6. The number of hydrogen-bond donors (Lipinski definition) is 1. The first-order valence-electron chi connectivity index (χ1n) is 11.4. The molecule has 0 spiro atoms. The predicted octanol–water partition coefficient (Wildman–Crippen LogP) is 3.31. The van der Waals surface area contributed by atoms with E-state index in [9.17, 15) is 4.79 Å². The number of fused-ring (bicyclic) bond motifs is 1. The van der Waals surface area contributed by atoms with Crippen LogP contribution in [-0.4, -0.2) is 70.9 Å². The Hall–Kier alpha value is -3.91. The van der Waals surface area contributed by atoms with Crippen molar-refractivity contribution >= 4 is 28.2 Å². The zero-order valence-corrected chi connectivity index (χ0v) is 19.4. The molecule has 0 unspecified atom stereocenters. The van der Waals surface area contributed by atoms with Gasteiger partial charge in [0, 0.05) is 80.2 Å². The molecule has 0 saturated carbocycles. The fraction of sp³-hybridized carbons (Fsp3) is 0.269. The van der Waals surface area contributed by atoms with Gasteiger partial charge >= 0.3 is 0 Å². The van der Waals surface area contributed by atoms with Gasteiger partial charge in [-0.2, -0.15) is 0 Å². The number of likely N-dealkylation sites (N-methyl/N-ethyl adjacent to an activating group) is 1. The maximum atomic E-state index is 13.1. The fourth-order valence-corrected chi connectivity index (χ4v) is 4.10. The molecule has 4 aromatic heterocycles. The molecule has 1 aliphatic heterocycles. The number of hydrogen-bond acceptors (Lipinski definition) is 8. The van der Waals surface area contributed by atoms with Gasteiger partial charge in [-0.1, -0.05) is 0 Å². The standard InChI is InChI=1S/C26H27N7O/c1-27-25-4-3-19(15-31-25)23-12-20-11-22(29-16-21(20)17-30-23)14-24(34)18-5-6-28-26(13-18)33-9-7-32(2)8-10-33/h3-6,11-13,15-17H,7-10,14H2,1-2H3,(H,27,31). The molecule has 1 fully saturated rings. The van der Waals surface area contributed by atoms with Gasteiger partial charge in [-0.15, -0.1) is 0 Å². The smallest absolute Gasteiger partial charge is 0.169 e. The second-order valence-electron chi connectivity index (χ2n) is 8.57. The molecule has 0 bridgehead atoms. The number of nitrogens with one attached hydrogen (secondary N) is 1. The minimum Gasteiger partial charge on any atom is -0.373 e. The molecular formula is C26H27N7O. The molecule has 5 heterocycles. The van der Waals surface area contributed by atoms with Gasteiger partial charge in [0.25, 0.3) is 0 Å². The van der Waals surface area contributed by atoms with Crippen LogP contribution in [0.2, 0.25) is 0 Å². The van der Waals surface area contributed by atoms with Gasteiger partial charge in [-0.3, -0.25) is 14.8 Å². The van der Waals surface area contributed by atoms with Crippen molar-refractivity contribution in [3.05, 3.63) is 72.4 Å². The van der Waals surface area contributed by atoms with E-state index in [1.165, 1.54) is 0 Å². The lowest BCUT2D eigenvalue weighted by Crippen LogP contribution is -2.44. The highest BCUT2D eigenvalue weighted by molar-refractivity contribution is 5.98. The SMILES string of the molecule is CNc1ccc(-c2cc3cc(CC(=O)c4ccnc(N5CCN(C)CC5)c4)ncc3cn2)cn1. The molecule has 172 valence electrons. The topological polar surface area (TPSA) is 87.1 Å². The number of Topliss-reactive ketones (excluding diaryl/α,β-unsaturated/α-hetero) is 1. The van der Waals surface area contributed by atoms with Crippen LogP contribution in [0.25, 0.3) is 22.0 Å². The van der Waals surface area contributed by atoms with Crippen LogP contribution in [0, 0.1) is 0 Å². The minimum atomic E-state index is 0.0331. The Morgan fingerprint density at radius 1 is 0.912 bits per heavy atom. The highest BCUT2D eigenvalue weighted by atomic mass is 16.1. The molecule has 4 aromatic rings. The average Bonchev–Trinajstić information content (AvgIpc) is 2.89. The van der Waals surface area contributed by atoms with Gasteiger partial charge in [0.15, 0.2) is 5.78 Å². The highest BCUT2D eigenvalue weighted by Gasteiger charge is 2.17. The molecule has 1 saturated heterocycles. The third-order valence-corrected chi connectivity index (χ3v) is 6.21. The first kappa shape index (κ1) is 21.9. The number of pyridine rings is 4. The van der Waals surface area contributed by atoms with E-state index in [0.29, 0.717) is 5.56 Å². The number of nitrogens with zero attached hydrogens (tertiary/aromatic N) is 6. The van der Waals surface area contributed by atoms with Crippen LogP contribution in [0.1, 0.15) is 16.1 Å². The molecule has 34 heavy (non-hydrogen) atoms. The molecule has 0 aliphatic carbocycles. The molecule has 5 rings (SSSR count). The predicted molar refractivity (Wildman–Crippen MR) is 134 cm³/mol. The maximum absolute atomic E-state index is 13.1. The second kappa shape index (κ2) is 9.52. The van der Waals surface area contributed by atoms with E-state index in [2.05, 4.69) is 42.1 Å². The van der Waals surface area contributed by atoms with Gasteiger partial charge in [0.2, 0.25) is 0 Å². The molecule has 0 radical (unpaired) electrons. The molecule has 8 nitrogen and oxygen atoms in total. The van der Waals surface area contributed by atoms with Crippen molar-refractivity contribution < 1.29 is 4.79 Å². The van der Waals surface area contributed by atoms with Crippen molar-refractivity contribution in [2.75, 3.05) is 50.5 Å². The number of piperazine rings is 1. The molecule has 8 heteroatoms. The van der Waals surface area contributed by atoms with Crippen LogP contribution in [0.15, 0.2) is 61.2 Å². The van der Waals surface area contributed by atoms with Gasteiger partial charge in [0.05, 0.1) is 12.1 Å². The van der Waals surface area contributed by atoms with E-state index in [0.717, 1.165) is 65.5 Å². The summed E-state index contributed by atoms with van der Waals surface area (Å²) in [4.78, 5) is 35.5. The van der Waals surface area contributed by atoms with E-state index >= 15 is 0 Å². The lowest BCUT2D eigenvalue weighted by Gasteiger charge is -2.33. The molecule has 1 aliphatic rings. The van der Waals surface area contributed by atoms with Crippen molar-refractivity contribution in [1.29, 1.82) is 0 Å². The van der Waals surface area contributed by atoms with Crippen LogP contribution in [-0.2, 0) is 6.42 Å².